The van der Waals surface area contributed by atoms with Crippen molar-refractivity contribution in [2.75, 3.05) is 6.54 Å². The van der Waals surface area contributed by atoms with E-state index in [-0.39, 0.29) is 5.92 Å². The van der Waals surface area contributed by atoms with Crippen LogP contribution in [-0.2, 0) is 0 Å². The number of thiophene rings is 1. The summed E-state index contributed by atoms with van der Waals surface area (Å²) in [5.41, 5.74) is 8.63. The average molecular weight is 316 g/mol. The zero-order chi connectivity index (χ0) is 14.0. The molecule has 0 aliphatic heterocycles. The summed E-state index contributed by atoms with van der Waals surface area (Å²) in [5.74, 6) is -0.190. The Morgan fingerprint density at radius 1 is 1.26 bits per heavy atom. The highest BCUT2D eigenvalue weighted by Gasteiger charge is 2.25. The highest BCUT2D eigenvalue weighted by Crippen LogP contribution is 2.40. The van der Waals surface area contributed by atoms with Crippen molar-refractivity contribution >= 4 is 34.5 Å². The fourth-order valence-electron chi connectivity index (χ4n) is 2.20. The van der Waals surface area contributed by atoms with Gasteiger partial charge in [-0.1, -0.05) is 47.5 Å². The second-order valence-electron chi connectivity index (χ2n) is 4.42. The molecule has 2 aromatic rings. The van der Waals surface area contributed by atoms with Crippen LogP contribution in [0.15, 0.2) is 30.3 Å². The maximum Gasteiger partial charge on any atom is 0.100 e. The first-order valence-electron chi connectivity index (χ1n) is 5.93. The predicted octanol–water partition coefficient (Wildman–Crippen LogP) is 4.14. The quantitative estimate of drug-likeness (QED) is 0.890. The van der Waals surface area contributed by atoms with E-state index < -0.39 is 6.10 Å². The minimum atomic E-state index is -0.748. The molecule has 3 N–H and O–H groups in total. The summed E-state index contributed by atoms with van der Waals surface area (Å²) < 4.78 is 1.09. The molecular weight excluding hydrogens is 301 g/mol. The lowest BCUT2D eigenvalue weighted by Gasteiger charge is -2.23. The van der Waals surface area contributed by atoms with Crippen molar-refractivity contribution in [3.63, 3.8) is 0 Å². The first-order chi connectivity index (χ1) is 9.04. The molecule has 0 amide bonds. The van der Waals surface area contributed by atoms with Crippen LogP contribution in [0.3, 0.4) is 0 Å². The van der Waals surface area contributed by atoms with E-state index in [9.17, 15) is 5.11 Å². The first kappa shape index (κ1) is 14.8. The van der Waals surface area contributed by atoms with Gasteiger partial charge in [0.1, 0.15) is 4.34 Å². The molecule has 2 atom stereocenters. The molecule has 5 heteroatoms. The lowest BCUT2D eigenvalue weighted by atomic mass is 9.88. The SMILES string of the molecule is Cc1ccccc1C(CN)C(O)c1cc(Cl)sc1Cl. The Balaban J connectivity index is 2.37. The fraction of sp³-hybridized carbons (Fsp3) is 0.286. The molecule has 0 radical (unpaired) electrons. The minimum absolute atomic E-state index is 0.190. The maximum absolute atomic E-state index is 10.5. The molecule has 2 nitrogen and oxygen atoms in total. The van der Waals surface area contributed by atoms with Crippen molar-refractivity contribution in [3.8, 4) is 0 Å². The Hall–Kier alpha value is -0.580. The number of benzene rings is 1. The molecule has 0 aliphatic carbocycles. The van der Waals surface area contributed by atoms with Crippen LogP contribution in [0.5, 0.6) is 0 Å². The zero-order valence-corrected chi connectivity index (χ0v) is 12.8. The third-order valence-electron chi connectivity index (χ3n) is 3.22. The third-order valence-corrected chi connectivity index (χ3v) is 4.74. The van der Waals surface area contributed by atoms with Gasteiger partial charge in [0.15, 0.2) is 0 Å². The van der Waals surface area contributed by atoms with E-state index in [0.717, 1.165) is 11.1 Å². The molecule has 1 aromatic heterocycles. The molecular formula is C14H15Cl2NOS. The second kappa shape index (κ2) is 6.25. The van der Waals surface area contributed by atoms with Gasteiger partial charge in [-0.2, -0.15) is 0 Å². The highest BCUT2D eigenvalue weighted by molar-refractivity contribution is 7.20. The number of aliphatic hydroxyl groups is 1. The van der Waals surface area contributed by atoms with Gasteiger partial charge in [-0.15, -0.1) is 11.3 Å². The lowest BCUT2D eigenvalue weighted by molar-refractivity contribution is 0.147. The molecule has 1 heterocycles. The molecule has 0 fully saturated rings. The normalized spacial score (nSPS) is 14.4. The maximum atomic E-state index is 10.5. The summed E-state index contributed by atoms with van der Waals surface area (Å²) >= 11 is 13.3. The number of rotatable bonds is 4. The van der Waals surface area contributed by atoms with Crippen LogP contribution in [0, 0.1) is 6.92 Å². The van der Waals surface area contributed by atoms with Gasteiger partial charge in [0, 0.05) is 18.0 Å². The van der Waals surface area contributed by atoms with Gasteiger partial charge in [-0.05, 0) is 24.1 Å². The molecule has 0 spiro atoms. The zero-order valence-electron chi connectivity index (χ0n) is 10.4. The van der Waals surface area contributed by atoms with Gasteiger partial charge in [-0.25, -0.2) is 0 Å². The van der Waals surface area contributed by atoms with E-state index in [2.05, 4.69) is 0 Å². The smallest absolute Gasteiger partial charge is 0.100 e. The number of halogens is 2. The molecule has 19 heavy (non-hydrogen) atoms. The van der Waals surface area contributed by atoms with Gasteiger partial charge in [0.25, 0.3) is 0 Å². The average Bonchev–Trinajstić information content (AvgIpc) is 2.71. The lowest BCUT2D eigenvalue weighted by Crippen LogP contribution is -2.20. The predicted molar refractivity (Wildman–Crippen MR) is 82.3 cm³/mol. The summed E-state index contributed by atoms with van der Waals surface area (Å²) in [5, 5.41) is 10.5. The van der Waals surface area contributed by atoms with E-state index in [1.807, 2.05) is 31.2 Å². The minimum Gasteiger partial charge on any atom is -0.388 e. The van der Waals surface area contributed by atoms with E-state index in [1.165, 1.54) is 11.3 Å². The van der Waals surface area contributed by atoms with E-state index in [1.54, 1.807) is 6.07 Å². The summed E-state index contributed by atoms with van der Waals surface area (Å²) in [4.78, 5) is 0. The topological polar surface area (TPSA) is 46.2 Å². The van der Waals surface area contributed by atoms with Gasteiger partial charge < -0.3 is 10.8 Å². The summed E-state index contributed by atoms with van der Waals surface area (Å²) in [6.07, 6.45) is -0.748. The van der Waals surface area contributed by atoms with Crippen molar-refractivity contribution in [1.82, 2.24) is 0 Å². The van der Waals surface area contributed by atoms with Crippen LogP contribution in [0.1, 0.15) is 28.7 Å². The number of nitrogens with two attached hydrogens (primary N) is 1. The van der Waals surface area contributed by atoms with Crippen molar-refractivity contribution in [2.45, 2.75) is 18.9 Å². The highest BCUT2D eigenvalue weighted by atomic mass is 35.5. The molecule has 2 unspecified atom stereocenters. The van der Waals surface area contributed by atoms with Crippen molar-refractivity contribution < 1.29 is 5.11 Å². The monoisotopic (exact) mass is 315 g/mol. The number of aryl methyl sites for hydroxylation is 1. The molecule has 0 bridgehead atoms. The first-order valence-corrected chi connectivity index (χ1v) is 7.50. The van der Waals surface area contributed by atoms with Gasteiger partial charge >= 0.3 is 0 Å². The number of aliphatic hydroxyl groups excluding tert-OH is 1. The van der Waals surface area contributed by atoms with E-state index in [4.69, 9.17) is 28.9 Å². The Labute approximate surface area is 126 Å². The van der Waals surface area contributed by atoms with Crippen molar-refractivity contribution in [1.29, 1.82) is 0 Å². The van der Waals surface area contributed by atoms with E-state index >= 15 is 0 Å². The molecule has 0 aliphatic rings. The molecule has 1 aromatic carbocycles. The molecule has 2 rings (SSSR count). The summed E-state index contributed by atoms with van der Waals surface area (Å²) in [6.45, 7) is 2.35. The Bertz CT molecular complexity index is 570. The molecule has 0 saturated heterocycles. The Morgan fingerprint density at radius 2 is 1.95 bits per heavy atom. The van der Waals surface area contributed by atoms with Crippen LogP contribution in [0.4, 0.5) is 0 Å². The standard InChI is InChI=1S/C14H15Cl2NOS/c1-8-4-2-3-5-9(8)11(7-17)13(18)10-6-12(15)19-14(10)16/h2-6,11,13,18H,7,17H2,1H3. The third kappa shape index (κ3) is 3.12. The van der Waals surface area contributed by atoms with Gasteiger partial charge in [-0.3, -0.25) is 0 Å². The summed E-state index contributed by atoms with van der Waals surface area (Å²) in [7, 11) is 0. The number of hydrogen-bond acceptors (Lipinski definition) is 3. The second-order valence-corrected chi connectivity index (χ2v) is 6.71. The Kier molecular flexibility index (Phi) is 4.87. The number of hydrogen-bond donors (Lipinski definition) is 2. The van der Waals surface area contributed by atoms with Crippen LogP contribution >= 0.6 is 34.5 Å². The largest absolute Gasteiger partial charge is 0.388 e. The van der Waals surface area contributed by atoms with Crippen LogP contribution in [-0.4, -0.2) is 11.7 Å². The molecule has 0 saturated carbocycles. The van der Waals surface area contributed by atoms with Crippen molar-refractivity contribution in [3.05, 3.63) is 55.7 Å². The van der Waals surface area contributed by atoms with E-state index in [0.29, 0.717) is 20.8 Å². The van der Waals surface area contributed by atoms with Crippen LogP contribution in [0.2, 0.25) is 8.67 Å². The molecule has 102 valence electrons. The van der Waals surface area contributed by atoms with Gasteiger partial charge in [0.05, 0.1) is 10.4 Å². The van der Waals surface area contributed by atoms with Gasteiger partial charge in [0.2, 0.25) is 0 Å². The van der Waals surface area contributed by atoms with Crippen LogP contribution in [0.25, 0.3) is 0 Å². The van der Waals surface area contributed by atoms with Crippen LogP contribution < -0.4 is 5.73 Å². The fourth-order valence-corrected chi connectivity index (χ4v) is 3.74. The Morgan fingerprint density at radius 3 is 2.47 bits per heavy atom. The summed E-state index contributed by atoms with van der Waals surface area (Å²) in [6, 6.07) is 9.61. The van der Waals surface area contributed by atoms with Crippen molar-refractivity contribution in [2.24, 2.45) is 5.73 Å².